The summed E-state index contributed by atoms with van der Waals surface area (Å²) in [7, 11) is 1.53. The molecule has 1 aliphatic rings. The van der Waals surface area contributed by atoms with Crippen LogP contribution in [0.1, 0.15) is 25.7 Å². The first-order valence-corrected chi connectivity index (χ1v) is 6.58. The van der Waals surface area contributed by atoms with Crippen LogP contribution in [0, 0.1) is 0 Å². The lowest BCUT2D eigenvalue weighted by molar-refractivity contribution is 0.254. The van der Waals surface area contributed by atoms with E-state index in [0.717, 1.165) is 25.8 Å². The molecule has 1 atom stereocenters. The van der Waals surface area contributed by atoms with E-state index in [-0.39, 0.29) is 12.6 Å². The Hall–Kier alpha value is -1.07. The largest absolute Gasteiger partial charge is 0.467 e. The molecule has 1 saturated heterocycles. The Morgan fingerprint density at radius 2 is 2.33 bits per heavy atom. The van der Waals surface area contributed by atoms with Crippen molar-refractivity contribution in [2.45, 2.75) is 31.7 Å². The first-order valence-electron chi connectivity index (χ1n) is 6.20. The SMILES string of the molecule is COc1ncc(Cl)c(N2CCCCCC2CO)n1. The Morgan fingerprint density at radius 1 is 1.50 bits per heavy atom. The van der Waals surface area contributed by atoms with Gasteiger partial charge < -0.3 is 14.7 Å². The number of aliphatic hydroxyl groups is 1. The number of aromatic nitrogens is 2. The van der Waals surface area contributed by atoms with Crippen LogP contribution in [0.3, 0.4) is 0 Å². The van der Waals surface area contributed by atoms with Crippen LogP contribution in [-0.2, 0) is 0 Å². The molecule has 5 nitrogen and oxygen atoms in total. The number of rotatable bonds is 3. The number of ether oxygens (including phenoxy) is 1. The van der Waals surface area contributed by atoms with Gasteiger partial charge in [0.15, 0.2) is 5.82 Å². The van der Waals surface area contributed by atoms with Crippen molar-refractivity contribution in [3.05, 3.63) is 11.2 Å². The van der Waals surface area contributed by atoms with Crippen LogP contribution in [0.4, 0.5) is 5.82 Å². The fourth-order valence-corrected chi connectivity index (χ4v) is 2.49. The van der Waals surface area contributed by atoms with Crippen LogP contribution >= 0.6 is 11.6 Å². The van der Waals surface area contributed by atoms with Crippen LogP contribution in [-0.4, -0.2) is 41.4 Å². The van der Waals surface area contributed by atoms with Gasteiger partial charge in [0.1, 0.15) is 5.02 Å². The molecule has 0 spiro atoms. The number of hydrogen-bond donors (Lipinski definition) is 1. The van der Waals surface area contributed by atoms with Crippen LogP contribution in [0.15, 0.2) is 6.20 Å². The minimum Gasteiger partial charge on any atom is -0.467 e. The smallest absolute Gasteiger partial charge is 0.318 e. The quantitative estimate of drug-likeness (QED) is 0.910. The van der Waals surface area contributed by atoms with Gasteiger partial charge in [-0.3, -0.25) is 0 Å². The fraction of sp³-hybridized carbons (Fsp3) is 0.667. The van der Waals surface area contributed by atoms with Gasteiger partial charge in [-0.15, -0.1) is 0 Å². The molecule has 1 aromatic heterocycles. The Balaban J connectivity index is 2.31. The van der Waals surface area contributed by atoms with Crippen molar-refractivity contribution >= 4 is 17.4 Å². The molecule has 2 heterocycles. The van der Waals surface area contributed by atoms with E-state index in [1.165, 1.54) is 13.5 Å². The molecule has 100 valence electrons. The summed E-state index contributed by atoms with van der Waals surface area (Å²) in [5.41, 5.74) is 0. The maximum absolute atomic E-state index is 9.51. The molecule has 1 fully saturated rings. The lowest BCUT2D eigenvalue weighted by atomic mass is 10.1. The molecular weight excluding hydrogens is 254 g/mol. The highest BCUT2D eigenvalue weighted by atomic mass is 35.5. The minimum absolute atomic E-state index is 0.0737. The topological polar surface area (TPSA) is 58.5 Å². The summed E-state index contributed by atoms with van der Waals surface area (Å²) in [6.07, 6.45) is 5.88. The zero-order chi connectivity index (χ0) is 13.0. The number of nitrogens with zero attached hydrogens (tertiary/aromatic N) is 3. The van der Waals surface area contributed by atoms with E-state index in [1.807, 2.05) is 0 Å². The van der Waals surface area contributed by atoms with Gasteiger partial charge in [0.2, 0.25) is 0 Å². The van der Waals surface area contributed by atoms with Gasteiger partial charge >= 0.3 is 6.01 Å². The monoisotopic (exact) mass is 271 g/mol. The number of methoxy groups -OCH3 is 1. The normalized spacial score (nSPS) is 20.6. The molecular formula is C12H18ClN3O2. The molecule has 1 aromatic rings. The first-order chi connectivity index (χ1) is 8.76. The summed E-state index contributed by atoms with van der Waals surface area (Å²) < 4.78 is 5.03. The molecule has 18 heavy (non-hydrogen) atoms. The molecule has 0 saturated carbocycles. The van der Waals surface area contributed by atoms with E-state index in [1.54, 1.807) is 6.20 Å². The predicted octanol–water partition coefficient (Wildman–Crippen LogP) is 1.88. The van der Waals surface area contributed by atoms with Gasteiger partial charge in [-0.2, -0.15) is 4.98 Å². The van der Waals surface area contributed by atoms with Crippen molar-refractivity contribution in [1.82, 2.24) is 9.97 Å². The van der Waals surface area contributed by atoms with Crippen molar-refractivity contribution in [1.29, 1.82) is 0 Å². The van der Waals surface area contributed by atoms with Gasteiger partial charge in [0.25, 0.3) is 0 Å². The van der Waals surface area contributed by atoms with Gasteiger partial charge in [-0.1, -0.05) is 24.4 Å². The molecule has 1 N–H and O–H groups in total. The molecule has 0 amide bonds. The molecule has 0 aromatic carbocycles. The highest BCUT2D eigenvalue weighted by Gasteiger charge is 2.24. The van der Waals surface area contributed by atoms with E-state index in [2.05, 4.69) is 14.9 Å². The molecule has 0 bridgehead atoms. The lowest BCUT2D eigenvalue weighted by Gasteiger charge is -2.30. The summed E-state index contributed by atoms with van der Waals surface area (Å²) >= 11 is 6.16. The summed E-state index contributed by atoms with van der Waals surface area (Å²) in [4.78, 5) is 10.3. The van der Waals surface area contributed by atoms with Crippen molar-refractivity contribution in [3.8, 4) is 6.01 Å². The van der Waals surface area contributed by atoms with Crippen molar-refractivity contribution in [2.24, 2.45) is 0 Å². The Morgan fingerprint density at radius 3 is 3.06 bits per heavy atom. The van der Waals surface area contributed by atoms with Gasteiger partial charge in [-0.25, -0.2) is 4.98 Å². The second-order valence-electron chi connectivity index (χ2n) is 4.41. The van der Waals surface area contributed by atoms with Gasteiger partial charge in [0.05, 0.1) is 26.0 Å². The van der Waals surface area contributed by atoms with Gasteiger partial charge in [0, 0.05) is 6.54 Å². The summed E-state index contributed by atoms with van der Waals surface area (Å²) in [6, 6.07) is 0.375. The Labute approximate surface area is 112 Å². The van der Waals surface area contributed by atoms with Crippen LogP contribution in [0.5, 0.6) is 6.01 Å². The highest BCUT2D eigenvalue weighted by Crippen LogP contribution is 2.29. The van der Waals surface area contributed by atoms with Gasteiger partial charge in [-0.05, 0) is 12.8 Å². The van der Waals surface area contributed by atoms with Crippen LogP contribution < -0.4 is 9.64 Å². The molecule has 0 aliphatic carbocycles. The Bertz CT molecular complexity index is 403. The summed E-state index contributed by atoms with van der Waals surface area (Å²) in [5.74, 6) is 0.657. The third kappa shape index (κ3) is 2.84. The van der Waals surface area contributed by atoms with Crippen molar-refractivity contribution in [2.75, 3.05) is 25.2 Å². The maximum Gasteiger partial charge on any atom is 0.318 e. The van der Waals surface area contributed by atoms with Crippen molar-refractivity contribution < 1.29 is 9.84 Å². The second kappa shape index (κ2) is 6.20. The summed E-state index contributed by atoms with van der Waals surface area (Å²) in [5, 5.41) is 10.0. The second-order valence-corrected chi connectivity index (χ2v) is 4.81. The maximum atomic E-state index is 9.51. The van der Waals surface area contributed by atoms with E-state index in [0.29, 0.717) is 16.9 Å². The Kier molecular flexibility index (Phi) is 4.60. The molecule has 6 heteroatoms. The predicted molar refractivity (Wildman–Crippen MR) is 70.3 cm³/mol. The van der Waals surface area contributed by atoms with E-state index in [4.69, 9.17) is 16.3 Å². The molecule has 1 aliphatic heterocycles. The number of aliphatic hydroxyl groups excluding tert-OH is 1. The average molecular weight is 272 g/mol. The van der Waals surface area contributed by atoms with Crippen LogP contribution in [0.25, 0.3) is 0 Å². The first kappa shape index (κ1) is 13.4. The lowest BCUT2D eigenvalue weighted by Crippen LogP contribution is -2.38. The zero-order valence-corrected chi connectivity index (χ0v) is 11.2. The number of halogens is 1. The average Bonchev–Trinajstić information content (AvgIpc) is 2.64. The third-order valence-electron chi connectivity index (χ3n) is 3.25. The number of hydrogen-bond acceptors (Lipinski definition) is 5. The standard InChI is InChI=1S/C12H18ClN3O2/c1-18-12-14-7-10(13)11(15-12)16-6-4-2-3-5-9(16)8-17/h7,9,17H,2-6,8H2,1H3. The zero-order valence-electron chi connectivity index (χ0n) is 10.5. The minimum atomic E-state index is 0.0737. The highest BCUT2D eigenvalue weighted by molar-refractivity contribution is 6.32. The van der Waals surface area contributed by atoms with E-state index in [9.17, 15) is 5.11 Å². The fourth-order valence-electron chi connectivity index (χ4n) is 2.29. The summed E-state index contributed by atoms with van der Waals surface area (Å²) in [6.45, 7) is 0.966. The molecule has 2 rings (SSSR count). The third-order valence-corrected chi connectivity index (χ3v) is 3.51. The van der Waals surface area contributed by atoms with Crippen LogP contribution in [0.2, 0.25) is 5.02 Å². The number of anilines is 1. The van der Waals surface area contributed by atoms with E-state index < -0.39 is 0 Å². The molecule has 1 unspecified atom stereocenters. The van der Waals surface area contributed by atoms with E-state index >= 15 is 0 Å². The van der Waals surface area contributed by atoms with Crippen molar-refractivity contribution in [3.63, 3.8) is 0 Å². The molecule has 0 radical (unpaired) electrons.